The molecule has 0 bridgehead atoms. The first kappa shape index (κ1) is 13.3. The molecule has 0 radical (unpaired) electrons. The van der Waals surface area contributed by atoms with Gasteiger partial charge in [-0.25, -0.2) is 0 Å². The van der Waals surface area contributed by atoms with Gasteiger partial charge in [0.2, 0.25) is 0 Å². The van der Waals surface area contributed by atoms with Gasteiger partial charge in [0.25, 0.3) is 0 Å². The van der Waals surface area contributed by atoms with E-state index in [-0.39, 0.29) is 0 Å². The second-order valence-corrected chi connectivity index (χ2v) is 12.1. The quantitative estimate of drug-likeness (QED) is 0.759. The van der Waals surface area contributed by atoms with E-state index in [0.717, 1.165) is 11.6 Å². The minimum absolute atomic E-state index is 0.364. The lowest BCUT2D eigenvalue weighted by Gasteiger charge is -2.37. The largest absolute Gasteiger partial charge is 0.508 e. The normalized spacial score (nSPS) is 12.9. The van der Waals surface area contributed by atoms with Crippen molar-refractivity contribution in [3.63, 3.8) is 0 Å². The molecule has 0 fully saturated rings. The molecule has 16 heavy (non-hydrogen) atoms. The molecule has 0 aliphatic rings. The first-order chi connectivity index (χ1) is 7.13. The predicted octanol–water partition coefficient (Wildman–Crippen LogP) is 4.29. The lowest BCUT2D eigenvalue weighted by atomic mass is 10.1. The number of benzene rings is 1. The Labute approximate surface area is 101 Å². The Balaban J connectivity index is 3.01. The van der Waals surface area contributed by atoms with Gasteiger partial charge >= 0.3 is 0 Å². The van der Waals surface area contributed by atoms with Crippen LogP contribution in [0.4, 0.5) is 0 Å². The van der Waals surface area contributed by atoms with Gasteiger partial charge in [-0.3, -0.25) is 0 Å². The molecule has 1 nitrogen and oxygen atoms in total. The zero-order valence-electron chi connectivity index (χ0n) is 11.4. The minimum atomic E-state index is -1.36. The van der Waals surface area contributed by atoms with Crippen molar-refractivity contribution in [3.05, 3.63) is 29.3 Å². The van der Waals surface area contributed by atoms with E-state index in [9.17, 15) is 5.11 Å². The molecule has 0 heterocycles. The van der Waals surface area contributed by atoms with E-state index in [2.05, 4.69) is 46.9 Å². The summed E-state index contributed by atoms with van der Waals surface area (Å²) in [7, 11) is -1.36. The molecule has 1 aromatic carbocycles. The van der Waals surface area contributed by atoms with Gasteiger partial charge in [0.05, 0.1) is 8.07 Å². The summed E-state index contributed by atoms with van der Waals surface area (Å²) in [4.78, 5) is 0. The molecular weight excluding hydrogens is 212 g/mol. The molecular formula is C14H24OSi. The topological polar surface area (TPSA) is 20.2 Å². The third kappa shape index (κ3) is 2.88. The maximum Gasteiger partial charge on any atom is 0.118 e. The molecule has 1 rings (SSSR count). The Morgan fingerprint density at radius 2 is 1.75 bits per heavy atom. The number of aryl methyl sites for hydroxylation is 1. The lowest BCUT2D eigenvalue weighted by Crippen LogP contribution is -2.39. The van der Waals surface area contributed by atoms with Crippen molar-refractivity contribution in [1.29, 1.82) is 0 Å². The first-order valence-corrected chi connectivity index (χ1v) is 9.13. The summed E-state index contributed by atoms with van der Waals surface area (Å²) in [5, 5.41) is 10.3. The highest BCUT2D eigenvalue weighted by Gasteiger charge is 2.35. The van der Waals surface area contributed by atoms with Gasteiger partial charge in [-0.15, -0.1) is 0 Å². The highest BCUT2D eigenvalue weighted by Crippen LogP contribution is 2.39. The molecule has 0 atom stereocenters. The number of phenolic OH excluding ortho intramolecular Hbond substituents is 1. The van der Waals surface area contributed by atoms with E-state index in [1.165, 1.54) is 5.56 Å². The van der Waals surface area contributed by atoms with Crippen LogP contribution in [0.1, 0.15) is 31.9 Å². The van der Waals surface area contributed by atoms with E-state index in [4.69, 9.17) is 0 Å². The summed E-state index contributed by atoms with van der Waals surface area (Å²) >= 11 is 0. The van der Waals surface area contributed by atoms with Crippen LogP contribution in [0.2, 0.25) is 18.1 Å². The van der Waals surface area contributed by atoms with Crippen molar-refractivity contribution >= 4 is 8.07 Å². The molecule has 0 amide bonds. The Kier molecular flexibility index (Phi) is 3.53. The fourth-order valence-electron chi connectivity index (χ4n) is 1.60. The van der Waals surface area contributed by atoms with Gasteiger partial charge in [0, 0.05) is 0 Å². The van der Waals surface area contributed by atoms with Gasteiger partial charge in [0.1, 0.15) is 5.75 Å². The van der Waals surface area contributed by atoms with Crippen molar-refractivity contribution in [2.24, 2.45) is 0 Å². The second kappa shape index (κ2) is 4.25. The van der Waals surface area contributed by atoms with Gasteiger partial charge < -0.3 is 5.11 Å². The molecule has 0 saturated carbocycles. The predicted molar refractivity (Wildman–Crippen MR) is 73.7 cm³/mol. The van der Waals surface area contributed by atoms with Crippen LogP contribution in [0.25, 0.3) is 0 Å². The first-order valence-electron chi connectivity index (χ1n) is 5.92. The SMILES string of the molecule is Cc1ccc(O)c(C[Si](C)(C)C(C)(C)C)c1. The monoisotopic (exact) mass is 236 g/mol. The lowest BCUT2D eigenvalue weighted by molar-refractivity contribution is 0.469. The van der Waals surface area contributed by atoms with Crippen LogP contribution in [0, 0.1) is 6.92 Å². The Hall–Kier alpha value is -0.763. The van der Waals surface area contributed by atoms with Crippen LogP contribution in [0.3, 0.4) is 0 Å². The Bertz CT molecular complexity index is 375. The van der Waals surface area contributed by atoms with E-state index in [1.807, 2.05) is 12.1 Å². The standard InChI is InChI=1S/C14H24OSi/c1-11-7-8-13(15)12(9-11)10-16(5,6)14(2,3)4/h7-9,15H,10H2,1-6H3. The van der Waals surface area contributed by atoms with Crippen LogP contribution in [-0.2, 0) is 6.04 Å². The van der Waals surface area contributed by atoms with Crippen molar-refractivity contribution < 1.29 is 5.11 Å². The number of hydrogen-bond acceptors (Lipinski definition) is 1. The molecule has 0 aromatic heterocycles. The molecule has 1 aromatic rings. The number of aromatic hydroxyl groups is 1. The molecule has 0 aliphatic heterocycles. The van der Waals surface area contributed by atoms with E-state index >= 15 is 0 Å². The average molecular weight is 236 g/mol. The van der Waals surface area contributed by atoms with Crippen LogP contribution in [0.5, 0.6) is 5.75 Å². The molecule has 2 heteroatoms. The fraction of sp³-hybridized carbons (Fsp3) is 0.571. The molecule has 0 unspecified atom stereocenters. The molecule has 90 valence electrons. The van der Waals surface area contributed by atoms with Gasteiger partial charge in [-0.05, 0) is 29.6 Å². The summed E-state index contributed by atoms with van der Waals surface area (Å²) < 4.78 is 0. The summed E-state index contributed by atoms with van der Waals surface area (Å²) in [5.41, 5.74) is 2.35. The number of rotatable bonds is 2. The molecule has 0 saturated heterocycles. The Morgan fingerprint density at radius 3 is 2.25 bits per heavy atom. The number of phenols is 1. The van der Waals surface area contributed by atoms with Crippen molar-refractivity contribution in [2.45, 2.75) is 51.9 Å². The fourth-order valence-corrected chi connectivity index (χ4v) is 3.36. The average Bonchev–Trinajstić information content (AvgIpc) is 2.09. The van der Waals surface area contributed by atoms with Crippen molar-refractivity contribution in [1.82, 2.24) is 0 Å². The van der Waals surface area contributed by atoms with E-state index in [0.29, 0.717) is 10.8 Å². The van der Waals surface area contributed by atoms with Crippen LogP contribution in [0.15, 0.2) is 18.2 Å². The maximum absolute atomic E-state index is 9.89. The third-order valence-electron chi connectivity index (χ3n) is 3.90. The molecule has 0 spiro atoms. The second-order valence-electron chi connectivity index (χ2n) is 6.44. The summed E-state index contributed by atoms with van der Waals surface area (Å²) in [6, 6.07) is 6.95. The van der Waals surface area contributed by atoms with Gasteiger partial charge in [-0.2, -0.15) is 0 Å². The zero-order chi connectivity index (χ0) is 12.6. The maximum atomic E-state index is 9.89. The smallest absolute Gasteiger partial charge is 0.118 e. The summed E-state index contributed by atoms with van der Waals surface area (Å²) in [5.74, 6) is 0.454. The zero-order valence-corrected chi connectivity index (χ0v) is 12.4. The highest BCUT2D eigenvalue weighted by molar-refractivity contribution is 6.79. The molecule has 0 aliphatic carbocycles. The van der Waals surface area contributed by atoms with Gasteiger partial charge in [0.15, 0.2) is 0 Å². The Morgan fingerprint density at radius 1 is 1.19 bits per heavy atom. The summed E-state index contributed by atoms with van der Waals surface area (Å²) in [6.45, 7) is 13.8. The third-order valence-corrected chi connectivity index (χ3v) is 9.22. The van der Waals surface area contributed by atoms with Crippen LogP contribution >= 0.6 is 0 Å². The molecule has 1 N–H and O–H groups in total. The number of hydrogen-bond donors (Lipinski definition) is 1. The van der Waals surface area contributed by atoms with Crippen molar-refractivity contribution in [3.8, 4) is 5.75 Å². The van der Waals surface area contributed by atoms with E-state index in [1.54, 1.807) is 0 Å². The summed E-state index contributed by atoms with van der Waals surface area (Å²) in [6.07, 6.45) is 0. The van der Waals surface area contributed by atoms with E-state index < -0.39 is 8.07 Å². The van der Waals surface area contributed by atoms with Crippen LogP contribution in [-0.4, -0.2) is 13.2 Å². The van der Waals surface area contributed by atoms with Gasteiger partial charge in [-0.1, -0.05) is 51.6 Å². The highest BCUT2D eigenvalue weighted by atomic mass is 28.3. The van der Waals surface area contributed by atoms with Crippen LogP contribution < -0.4 is 0 Å². The minimum Gasteiger partial charge on any atom is -0.508 e. The van der Waals surface area contributed by atoms with Crippen molar-refractivity contribution in [2.75, 3.05) is 0 Å².